The normalized spacial score (nSPS) is 26.1. The van der Waals surface area contributed by atoms with Gasteiger partial charge in [-0.05, 0) is 39.0 Å². The second-order valence-corrected chi connectivity index (χ2v) is 8.78. The Kier molecular flexibility index (Phi) is 7.53. The average Bonchev–Trinajstić information content (AvgIpc) is 2.69. The largest absolute Gasteiger partial charge is 0.342 e. The van der Waals surface area contributed by atoms with Crippen molar-refractivity contribution in [2.24, 2.45) is 0 Å². The number of nitrogens with zero attached hydrogens (tertiary/aromatic N) is 4. The number of piperazine rings is 1. The Morgan fingerprint density at radius 3 is 2.04 bits per heavy atom. The van der Waals surface area contributed by atoms with Gasteiger partial charge in [-0.15, -0.1) is 0 Å². The van der Waals surface area contributed by atoms with Crippen LogP contribution in [0.2, 0.25) is 0 Å². The molecule has 3 rings (SSSR count). The van der Waals surface area contributed by atoms with E-state index in [-0.39, 0.29) is 11.8 Å². The number of rotatable bonds is 5. The molecule has 154 valence electrons. The first-order chi connectivity index (χ1) is 13.0. The summed E-state index contributed by atoms with van der Waals surface area (Å²) in [4.78, 5) is 33.8. The molecule has 0 bridgehead atoms. The molecule has 0 aromatic carbocycles. The number of likely N-dealkylation sites (N-methyl/N-ethyl adjacent to an activating group) is 1. The molecule has 1 unspecified atom stereocenters. The molecule has 1 saturated carbocycles. The third-order valence-electron chi connectivity index (χ3n) is 6.82. The Labute approximate surface area is 164 Å². The number of carbonyl (C=O) groups is 2. The number of hydrogen-bond donors (Lipinski definition) is 0. The molecule has 1 atom stereocenters. The molecule has 2 amide bonds. The van der Waals surface area contributed by atoms with Crippen molar-refractivity contribution in [3.05, 3.63) is 0 Å². The molecular formula is C21H38N4O2. The van der Waals surface area contributed by atoms with E-state index in [0.717, 1.165) is 58.4 Å². The van der Waals surface area contributed by atoms with Gasteiger partial charge < -0.3 is 9.80 Å². The molecule has 3 fully saturated rings. The predicted molar refractivity (Wildman–Crippen MR) is 108 cm³/mol. The van der Waals surface area contributed by atoms with Gasteiger partial charge in [0.25, 0.3) is 0 Å². The Balaban J connectivity index is 1.38. The fourth-order valence-corrected chi connectivity index (χ4v) is 4.83. The topological polar surface area (TPSA) is 47.1 Å². The van der Waals surface area contributed by atoms with Crippen LogP contribution in [0.15, 0.2) is 0 Å². The van der Waals surface area contributed by atoms with Crippen molar-refractivity contribution in [3.8, 4) is 0 Å². The van der Waals surface area contributed by atoms with E-state index < -0.39 is 0 Å². The second kappa shape index (κ2) is 9.87. The zero-order valence-electron chi connectivity index (χ0n) is 17.4. The van der Waals surface area contributed by atoms with Crippen molar-refractivity contribution in [2.45, 2.75) is 70.4 Å². The zero-order valence-corrected chi connectivity index (χ0v) is 17.4. The molecule has 0 radical (unpaired) electrons. The molecule has 0 N–H and O–H groups in total. The number of hydrogen-bond acceptors (Lipinski definition) is 4. The average molecular weight is 379 g/mol. The van der Waals surface area contributed by atoms with Crippen LogP contribution in [0.1, 0.15) is 58.3 Å². The summed E-state index contributed by atoms with van der Waals surface area (Å²) in [5.41, 5.74) is 0. The first-order valence-corrected chi connectivity index (χ1v) is 11.0. The molecular weight excluding hydrogens is 340 g/mol. The van der Waals surface area contributed by atoms with Crippen molar-refractivity contribution in [3.63, 3.8) is 0 Å². The Bertz CT molecular complexity index is 498. The van der Waals surface area contributed by atoms with Crippen molar-refractivity contribution in [1.29, 1.82) is 0 Å². The van der Waals surface area contributed by atoms with Gasteiger partial charge in [0.15, 0.2) is 0 Å². The lowest BCUT2D eigenvalue weighted by Crippen LogP contribution is -2.53. The van der Waals surface area contributed by atoms with E-state index in [1.165, 1.54) is 25.7 Å². The molecule has 2 saturated heterocycles. The standard InChI is InChI=1S/C21H38N4O2/c1-18-8-6-7-11-25(18)21(27)17-24-14-12-23(13-15-24)16-20(26)22(2)19-9-4-3-5-10-19/h18-19H,3-17H2,1-2H3. The van der Waals surface area contributed by atoms with Gasteiger partial charge in [-0.1, -0.05) is 19.3 Å². The number of likely N-dealkylation sites (tertiary alicyclic amines) is 1. The summed E-state index contributed by atoms with van der Waals surface area (Å²) in [6.07, 6.45) is 9.66. The molecule has 1 aliphatic carbocycles. The summed E-state index contributed by atoms with van der Waals surface area (Å²) in [6.45, 7) is 7.68. The fraction of sp³-hybridized carbons (Fsp3) is 0.905. The van der Waals surface area contributed by atoms with Gasteiger partial charge in [0, 0.05) is 51.9 Å². The van der Waals surface area contributed by atoms with Crippen LogP contribution in [-0.4, -0.2) is 96.4 Å². The van der Waals surface area contributed by atoms with Crippen LogP contribution in [-0.2, 0) is 9.59 Å². The highest BCUT2D eigenvalue weighted by atomic mass is 16.2. The maximum Gasteiger partial charge on any atom is 0.236 e. The molecule has 0 aromatic heterocycles. The van der Waals surface area contributed by atoms with Crippen molar-refractivity contribution >= 4 is 11.8 Å². The molecule has 27 heavy (non-hydrogen) atoms. The van der Waals surface area contributed by atoms with Crippen LogP contribution >= 0.6 is 0 Å². The number of carbonyl (C=O) groups excluding carboxylic acids is 2. The van der Waals surface area contributed by atoms with Gasteiger partial charge in [-0.3, -0.25) is 19.4 Å². The smallest absolute Gasteiger partial charge is 0.236 e. The highest BCUT2D eigenvalue weighted by Crippen LogP contribution is 2.22. The van der Waals surface area contributed by atoms with Gasteiger partial charge in [0.1, 0.15) is 0 Å². The first-order valence-electron chi connectivity index (χ1n) is 11.0. The third kappa shape index (κ3) is 5.67. The molecule has 6 nitrogen and oxygen atoms in total. The van der Waals surface area contributed by atoms with E-state index in [2.05, 4.69) is 21.6 Å². The monoisotopic (exact) mass is 378 g/mol. The zero-order chi connectivity index (χ0) is 19.2. The van der Waals surface area contributed by atoms with Crippen LogP contribution < -0.4 is 0 Å². The molecule has 3 aliphatic rings. The van der Waals surface area contributed by atoms with Gasteiger partial charge >= 0.3 is 0 Å². The van der Waals surface area contributed by atoms with Crippen LogP contribution in [0.5, 0.6) is 0 Å². The first kappa shape index (κ1) is 20.6. The van der Waals surface area contributed by atoms with Crippen LogP contribution in [0.4, 0.5) is 0 Å². The Morgan fingerprint density at radius 2 is 1.41 bits per heavy atom. The summed E-state index contributed by atoms with van der Waals surface area (Å²) in [5, 5.41) is 0. The van der Waals surface area contributed by atoms with E-state index in [9.17, 15) is 9.59 Å². The van der Waals surface area contributed by atoms with E-state index >= 15 is 0 Å². The number of piperidine rings is 1. The lowest BCUT2D eigenvalue weighted by molar-refractivity contribution is -0.137. The molecule has 0 aromatic rings. The number of amides is 2. The SMILES string of the molecule is CC1CCCCN1C(=O)CN1CCN(CC(=O)N(C)C2CCCCC2)CC1. The lowest BCUT2D eigenvalue weighted by Gasteiger charge is -2.38. The van der Waals surface area contributed by atoms with Gasteiger partial charge in [-0.2, -0.15) is 0 Å². The lowest BCUT2D eigenvalue weighted by atomic mass is 9.94. The minimum absolute atomic E-state index is 0.258. The maximum absolute atomic E-state index is 12.6. The van der Waals surface area contributed by atoms with E-state index in [1.807, 2.05) is 11.9 Å². The van der Waals surface area contributed by atoms with E-state index in [1.54, 1.807) is 0 Å². The van der Waals surface area contributed by atoms with Gasteiger partial charge in [0.2, 0.25) is 11.8 Å². The summed E-state index contributed by atoms with van der Waals surface area (Å²) in [5.74, 6) is 0.539. The minimum atomic E-state index is 0.258. The minimum Gasteiger partial charge on any atom is -0.342 e. The highest BCUT2D eigenvalue weighted by Gasteiger charge is 2.28. The second-order valence-electron chi connectivity index (χ2n) is 8.78. The summed E-state index contributed by atoms with van der Waals surface area (Å²) in [6, 6.07) is 0.831. The van der Waals surface area contributed by atoms with Crippen molar-refractivity contribution < 1.29 is 9.59 Å². The molecule has 0 spiro atoms. The molecule has 2 heterocycles. The fourth-order valence-electron chi connectivity index (χ4n) is 4.83. The van der Waals surface area contributed by atoms with Crippen molar-refractivity contribution in [2.75, 3.05) is 52.9 Å². The van der Waals surface area contributed by atoms with Crippen LogP contribution in [0.25, 0.3) is 0 Å². The molecule has 6 heteroatoms. The summed E-state index contributed by atoms with van der Waals surface area (Å²) >= 11 is 0. The van der Waals surface area contributed by atoms with Gasteiger partial charge in [0.05, 0.1) is 13.1 Å². The van der Waals surface area contributed by atoms with E-state index in [0.29, 0.717) is 25.2 Å². The predicted octanol–water partition coefficient (Wildman–Crippen LogP) is 1.80. The summed E-state index contributed by atoms with van der Waals surface area (Å²) in [7, 11) is 1.98. The third-order valence-corrected chi connectivity index (χ3v) is 6.82. The highest BCUT2D eigenvalue weighted by molar-refractivity contribution is 5.79. The van der Waals surface area contributed by atoms with Crippen LogP contribution in [0.3, 0.4) is 0 Å². The quantitative estimate of drug-likeness (QED) is 0.732. The maximum atomic E-state index is 12.6. The van der Waals surface area contributed by atoms with Crippen LogP contribution in [0, 0.1) is 0 Å². The van der Waals surface area contributed by atoms with Gasteiger partial charge in [-0.25, -0.2) is 0 Å². The molecule has 2 aliphatic heterocycles. The summed E-state index contributed by atoms with van der Waals surface area (Å²) < 4.78 is 0. The Morgan fingerprint density at radius 1 is 0.815 bits per heavy atom. The Hall–Kier alpha value is -1.14. The van der Waals surface area contributed by atoms with Crippen molar-refractivity contribution in [1.82, 2.24) is 19.6 Å². The van der Waals surface area contributed by atoms with E-state index in [4.69, 9.17) is 0 Å².